The number of esters is 1. The molecule has 16 saturated heterocycles. The Morgan fingerprint density at radius 2 is 1.24 bits per heavy atom. The molecule has 0 amide bonds. The average molecular weight is 1100 g/mol. The molecular weight excluding hydrogens is 1010 g/mol. The van der Waals surface area contributed by atoms with Gasteiger partial charge in [-0.15, -0.1) is 0 Å². The van der Waals surface area contributed by atoms with Gasteiger partial charge >= 0.3 is 5.97 Å². The van der Waals surface area contributed by atoms with E-state index in [9.17, 15) is 20.1 Å². The summed E-state index contributed by atoms with van der Waals surface area (Å²) in [6.07, 6.45) is 0.790. The molecule has 0 aliphatic carbocycles. The number of carbonyl (C=O) groups excluding carboxylic acids is 1. The van der Waals surface area contributed by atoms with Gasteiger partial charge in [0.1, 0.15) is 42.7 Å². The maximum absolute atomic E-state index is 14.5. The molecule has 11 bridgehead atoms. The van der Waals surface area contributed by atoms with E-state index in [1.165, 1.54) is 0 Å². The van der Waals surface area contributed by atoms with E-state index < -0.39 is 48.7 Å². The Bertz CT molecular complexity index is 2240. The molecule has 0 saturated carbocycles. The van der Waals surface area contributed by atoms with Crippen molar-refractivity contribution in [2.75, 3.05) is 19.8 Å². The molecule has 0 aromatic heterocycles. The van der Waals surface area contributed by atoms with Crippen LogP contribution in [0.1, 0.15) is 130 Å². The lowest BCUT2D eigenvalue weighted by atomic mass is 9.79. The van der Waals surface area contributed by atoms with Crippen LogP contribution >= 0.6 is 0 Å². The molecule has 16 fully saturated rings. The minimum absolute atomic E-state index is 0.0182. The SMILES string of the molecule is C=C1C[C@@H]2CCO[C@H]3[C@@H]4O[C@H]5CC[C@H](CC(=O)O[C@@H]6[C@@H](C)[C@@H]7O[C@@H]8C[C@]9(C[C@@H]%10O[C@]%11(C[C@H](C)[C@@H]%12O[C@H](C(O)CC(O)CO)C[C@@H]%12O%11)C[C@H](C)[C@@H]%10O9)O[C@@H]8C[C@@H]7O[C@H]6C[C@H]6O[C@@H](CC[C@@H]1O2)C[C@@H](C)C6=C)O[C@@H]5[C@@H]1OC[C@@H]3O[C@@H]14. The summed E-state index contributed by atoms with van der Waals surface area (Å²) in [6.45, 7) is 18.3. The van der Waals surface area contributed by atoms with Gasteiger partial charge in [-0.2, -0.15) is 0 Å². The van der Waals surface area contributed by atoms with Gasteiger partial charge in [0.05, 0.1) is 130 Å². The van der Waals surface area contributed by atoms with Crippen LogP contribution in [-0.2, 0) is 75.8 Å². The van der Waals surface area contributed by atoms with Crippen molar-refractivity contribution >= 4 is 5.97 Å². The molecule has 16 aliphatic heterocycles. The number of hydrogen-bond acceptors (Lipinski definition) is 19. The average Bonchev–Trinajstić information content (AvgIpc) is 4.39. The monoisotopic (exact) mass is 1100 g/mol. The molecule has 0 aromatic carbocycles. The van der Waals surface area contributed by atoms with Gasteiger partial charge in [-0.1, -0.05) is 40.9 Å². The summed E-state index contributed by atoms with van der Waals surface area (Å²) in [5.41, 5.74) is 2.14. The smallest absolute Gasteiger partial charge is 0.308 e. The van der Waals surface area contributed by atoms with E-state index in [-0.39, 0.29) is 165 Å². The highest BCUT2D eigenvalue weighted by Gasteiger charge is 2.66. The van der Waals surface area contributed by atoms with Crippen molar-refractivity contribution in [3.63, 3.8) is 0 Å². The Kier molecular flexibility index (Phi) is 14.7. The van der Waals surface area contributed by atoms with Crippen LogP contribution in [-0.4, -0.2) is 205 Å². The Labute approximate surface area is 458 Å². The Morgan fingerprint density at radius 1 is 0.538 bits per heavy atom. The lowest BCUT2D eigenvalue weighted by Crippen LogP contribution is -2.62. The fourth-order valence-electron chi connectivity index (χ4n) is 17.3. The van der Waals surface area contributed by atoms with Gasteiger partial charge in [-0.25, -0.2) is 0 Å². The zero-order valence-electron chi connectivity index (χ0n) is 46.0. The molecule has 16 heterocycles. The lowest BCUT2D eigenvalue weighted by Gasteiger charge is -2.50. The standard InChI is InChI=1S/C59H86O19/c1-26-13-33-7-9-37-27(2)14-35(66-37)11-12-64-53-47-25-65-55-54-38(70-56(53)57(55)73-47)10-8-34(68-54)16-48(63)74-52-31(6)51-43(69-42(52)17-39(67-33)30(26)5)19-41-45(72-51)22-59(75-41)23-46-50(78-59)29(4)21-58(77-46)20-28(3)49-44(76-58)18-40(71-49)36(62)15-32(61)24-60/h26,28-29,31-47,49-57,60-62H,2,5,7-25H2,1,3-4,6H3/t26-,28+,29+,31+,32?,33+,34-,35+,36?,37+,38+,39-,40+,41-,42+,43+,44+,45-,46+,47+,49+,50+,51+,52-,53-,54+,55+,56+,57+,58-,59+/m1/s1. The second kappa shape index (κ2) is 21.1. The fourth-order valence-corrected chi connectivity index (χ4v) is 17.3. The second-order valence-electron chi connectivity index (χ2n) is 26.6. The zero-order valence-corrected chi connectivity index (χ0v) is 46.0. The molecule has 0 radical (unpaired) electrons. The van der Waals surface area contributed by atoms with Crippen molar-refractivity contribution in [1.29, 1.82) is 0 Å². The summed E-state index contributed by atoms with van der Waals surface area (Å²) in [4.78, 5) is 14.5. The molecule has 19 heteroatoms. The molecule has 3 N–H and O–H groups in total. The van der Waals surface area contributed by atoms with Gasteiger partial charge in [0.15, 0.2) is 11.6 Å². The number of aliphatic hydroxyl groups excluding tert-OH is 3. The van der Waals surface area contributed by atoms with E-state index >= 15 is 0 Å². The van der Waals surface area contributed by atoms with Crippen molar-refractivity contribution in [1.82, 2.24) is 0 Å². The van der Waals surface area contributed by atoms with E-state index in [0.717, 1.165) is 43.3 Å². The highest BCUT2D eigenvalue weighted by Crippen LogP contribution is 2.56. The van der Waals surface area contributed by atoms with E-state index in [1.54, 1.807) is 0 Å². The second-order valence-corrected chi connectivity index (χ2v) is 26.6. The van der Waals surface area contributed by atoms with Crippen LogP contribution in [0.25, 0.3) is 0 Å². The molecule has 16 aliphatic rings. The zero-order chi connectivity index (χ0) is 53.5. The first-order valence-corrected chi connectivity index (χ1v) is 30.3. The van der Waals surface area contributed by atoms with Crippen molar-refractivity contribution in [2.45, 2.75) is 295 Å². The molecule has 2 spiro atoms. The van der Waals surface area contributed by atoms with Gasteiger partial charge in [-0.3, -0.25) is 4.79 Å². The van der Waals surface area contributed by atoms with Gasteiger partial charge in [0.25, 0.3) is 0 Å². The third kappa shape index (κ3) is 9.84. The van der Waals surface area contributed by atoms with Crippen LogP contribution in [0.2, 0.25) is 0 Å². The van der Waals surface area contributed by atoms with E-state index in [4.69, 9.17) is 71.1 Å². The summed E-state index contributed by atoms with van der Waals surface area (Å²) in [7, 11) is 0. The molecule has 2 unspecified atom stereocenters. The van der Waals surface area contributed by atoms with Gasteiger partial charge in [-0.05, 0) is 73.8 Å². The minimum atomic E-state index is -1.02. The Balaban J connectivity index is 0.677. The van der Waals surface area contributed by atoms with Crippen molar-refractivity contribution < 1.29 is 91.2 Å². The molecule has 436 valence electrons. The normalized spacial score (nSPS) is 55.5. The van der Waals surface area contributed by atoms with Crippen LogP contribution < -0.4 is 0 Å². The highest BCUT2D eigenvalue weighted by atomic mass is 16.8. The predicted octanol–water partition coefficient (Wildman–Crippen LogP) is 4.44. The minimum Gasteiger partial charge on any atom is -0.459 e. The van der Waals surface area contributed by atoms with Crippen LogP contribution in [0.4, 0.5) is 0 Å². The van der Waals surface area contributed by atoms with Crippen LogP contribution in [0, 0.1) is 23.7 Å². The van der Waals surface area contributed by atoms with E-state index in [2.05, 4.69) is 40.9 Å². The van der Waals surface area contributed by atoms with Crippen LogP contribution in [0.3, 0.4) is 0 Å². The lowest BCUT2D eigenvalue weighted by molar-refractivity contribution is -0.347. The molecular formula is C59H86O19. The van der Waals surface area contributed by atoms with Crippen molar-refractivity contribution in [3.05, 3.63) is 24.3 Å². The fraction of sp³-hybridized carbons (Fsp3) is 0.915. The number of aliphatic hydroxyl groups is 3. The first kappa shape index (κ1) is 54.2. The summed E-state index contributed by atoms with van der Waals surface area (Å²) < 4.78 is 102. The summed E-state index contributed by atoms with van der Waals surface area (Å²) >= 11 is 0. The van der Waals surface area contributed by atoms with Gasteiger partial charge in [0, 0.05) is 63.9 Å². The topological polar surface area (TPSA) is 216 Å². The number of ether oxygens (including phenoxy) is 15. The number of rotatable bonds is 4. The van der Waals surface area contributed by atoms with E-state index in [0.29, 0.717) is 71.0 Å². The maximum Gasteiger partial charge on any atom is 0.308 e. The van der Waals surface area contributed by atoms with Crippen LogP contribution in [0.5, 0.6) is 0 Å². The third-order valence-corrected chi connectivity index (χ3v) is 21.1. The largest absolute Gasteiger partial charge is 0.459 e. The number of fused-ring (bicyclic) bond motifs is 6. The van der Waals surface area contributed by atoms with Crippen molar-refractivity contribution in [2.24, 2.45) is 23.7 Å². The predicted molar refractivity (Wildman–Crippen MR) is 272 cm³/mol. The highest BCUT2D eigenvalue weighted by molar-refractivity contribution is 5.70. The Morgan fingerprint density at radius 3 is 2.09 bits per heavy atom. The summed E-state index contributed by atoms with van der Waals surface area (Å²) in [5.74, 6) is -1.94. The summed E-state index contributed by atoms with van der Waals surface area (Å²) in [5, 5.41) is 30.3. The van der Waals surface area contributed by atoms with Gasteiger partial charge < -0.3 is 86.4 Å². The number of carbonyl (C=O) groups is 1. The molecule has 78 heavy (non-hydrogen) atoms. The first-order valence-electron chi connectivity index (χ1n) is 30.3. The van der Waals surface area contributed by atoms with Gasteiger partial charge in [0.2, 0.25) is 0 Å². The quantitative estimate of drug-likeness (QED) is 0.262. The summed E-state index contributed by atoms with van der Waals surface area (Å²) in [6, 6.07) is 0. The molecule has 0 aromatic rings. The van der Waals surface area contributed by atoms with Crippen molar-refractivity contribution in [3.8, 4) is 0 Å². The maximum atomic E-state index is 14.5. The van der Waals surface area contributed by atoms with E-state index in [1.807, 2.05) is 0 Å². The van der Waals surface area contributed by atoms with Crippen LogP contribution in [0.15, 0.2) is 24.3 Å². The molecule has 16 rings (SSSR count). The molecule has 31 atom stereocenters. The first-order chi connectivity index (χ1) is 37.6. The third-order valence-electron chi connectivity index (χ3n) is 21.1. The molecule has 19 nitrogen and oxygen atoms in total. The Hall–Kier alpha value is -1.73. The number of hydrogen-bond donors (Lipinski definition) is 3.